The van der Waals surface area contributed by atoms with Crippen molar-refractivity contribution in [2.45, 2.75) is 11.7 Å². The predicted molar refractivity (Wildman–Crippen MR) is 97.5 cm³/mol. The van der Waals surface area contributed by atoms with Gasteiger partial charge in [0.25, 0.3) is 0 Å². The van der Waals surface area contributed by atoms with E-state index in [4.69, 9.17) is 8.83 Å². The highest BCUT2D eigenvalue weighted by atomic mass is 32.2. The highest BCUT2D eigenvalue weighted by molar-refractivity contribution is 7.99. The fraction of sp³-hybridized carbons (Fsp3) is 0.167. The van der Waals surface area contributed by atoms with E-state index in [0.29, 0.717) is 29.0 Å². The van der Waals surface area contributed by atoms with Gasteiger partial charge in [0.2, 0.25) is 5.91 Å². The Kier molecular flexibility index (Phi) is 4.49. The van der Waals surface area contributed by atoms with Crippen LogP contribution in [0.4, 0.5) is 0 Å². The van der Waals surface area contributed by atoms with Gasteiger partial charge in [0, 0.05) is 12.4 Å². The fourth-order valence-electron chi connectivity index (χ4n) is 2.53. The molecule has 0 aliphatic rings. The molecule has 0 bridgehead atoms. The lowest BCUT2D eigenvalue weighted by Crippen LogP contribution is -2.24. The summed E-state index contributed by atoms with van der Waals surface area (Å²) in [6.07, 6.45) is 1.58. The molecule has 0 saturated carbocycles. The standard InChI is InChI=1S/C18H16N4O3S/c1-22-17(15-9-12-5-2-3-7-14(12)25-15)20-21-18(22)26-11-16(23)19-10-13-6-4-8-24-13/h2-9H,10-11H2,1H3,(H,19,23). The summed E-state index contributed by atoms with van der Waals surface area (Å²) in [6, 6.07) is 13.3. The van der Waals surface area contributed by atoms with Crippen LogP contribution in [0.3, 0.4) is 0 Å². The van der Waals surface area contributed by atoms with Gasteiger partial charge in [-0.1, -0.05) is 30.0 Å². The van der Waals surface area contributed by atoms with Gasteiger partial charge in [0.15, 0.2) is 16.7 Å². The van der Waals surface area contributed by atoms with E-state index >= 15 is 0 Å². The SMILES string of the molecule is Cn1c(SCC(=O)NCc2ccco2)nnc1-c1cc2ccccc2o1. The molecule has 0 fully saturated rings. The van der Waals surface area contributed by atoms with Gasteiger partial charge in [-0.15, -0.1) is 10.2 Å². The smallest absolute Gasteiger partial charge is 0.230 e. The lowest BCUT2D eigenvalue weighted by Gasteiger charge is -2.03. The molecule has 3 aromatic heterocycles. The number of thioether (sulfide) groups is 1. The van der Waals surface area contributed by atoms with E-state index in [1.165, 1.54) is 11.8 Å². The number of para-hydroxylation sites is 1. The first-order chi connectivity index (χ1) is 12.7. The van der Waals surface area contributed by atoms with Gasteiger partial charge < -0.3 is 18.7 Å². The number of carbonyl (C=O) groups excluding carboxylic acids is 1. The number of benzene rings is 1. The number of hydrogen-bond donors (Lipinski definition) is 1. The van der Waals surface area contributed by atoms with Crippen LogP contribution >= 0.6 is 11.8 Å². The van der Waals surface area contributed by atoms with Crippen molar-refractivity contribution >= 4 is 28.6 Å². The third-order valence-corrected chi connectivity index (χ3v) is 4.87. The molecular weight excluding hydrogens is 352 g/mol. The summed E-state index contributed by atoms with van der Waals surface area (Å²) < 4.78 is 12.8. The van der Waals surface area contributed by atoms with Crippen LogP contribution in [-0.2, 0) is 18.4 Å². The molecule has 7 nitrogen and oxygen atoms in total. The van der Waals surface area contributed by atoms with Gasteiger partial charge in [-0.05, 0) is 24.3 Å². The first-order valence-electron chi connectivity index (χ1n) is 8.01. The second-order valence-electron chi connectivity index (χ2n) is 5.66. The van der Waals surface area contributed by atoms with E-state index in [1.54, 1.807) is 12.3 Å². The Balaban J connectivity index is 1.41. The van der Waals surface area contributed by atoms with Crippen LogP contribution in [-0.4, -0.2) is 26.4 Å². The maximum atomic E-state index is 12.0. The van der Waals surface area contributed by atoms with Gasteiger partial charge in [0.1, 0.15) is 11.3 Å². The Labute approximate surface area is 153 Å². The molecule has 0 atom stereocenters. The molecule has 4 aromatic rings. The monoisotopic (exact) mass is 368 g/mol. The minimum absolute atomic E-state index is 0.0975. The summed E-state index contributed by atoms with van der Waals surface area (Å²) in [5, 5.41) is 12.8. The number of nitrogens with one attached hydrogen (secondary N) is 1. The number of aromatic nitrogens is 3. The van der Waals surface area contributed by atoms with Crippen molar-refractivity contribution in [2.75, 3.05) is 5.75 Å². The molecule has 0 radical (unpaired) electrons. The van der Waals surface area contributed by atoms with Gasteiger partial charge >= 0.3 is 0 Å². The molecule has 0 aliphatic heterocycles. The van der Waals surface area contributed by atoms with Gasteiger partial charge in [0.05, 0.1) is 18.6 Å². The van der Waals surface area contributed by atoms with Crippen molar-refractivity contribution < 1.29 is 13.6 Å². The summed E-state index contributed by atoms with van der Waals surface area (Å²) in [5.41, 5.74) is 0.803. The Bertz CT molecular complexity index is 1000. The third-order valence-electron chi connectivity index (χ3n) is 3.85. The van der Waals surface area contributed by atoms with Crippen molar-refractivity contribution in [3.8, 4) is 11.6 Å². The Morgan fingerprint density at radius 3 is 2.92 bits per heavy atom. The zero-order chi connectivity index (χ0) is 17.9. The summed E-state index contributed by atoms with van der Waals surface area (Å²) in [6.45, 7) is 0.370. The van der Waals surface area contributed by atoms with Crippen LogP contribution in [0.5, 0.6) is 0 Å². The molecule has 26 heavy (non-hydrogen) atoms. The zero-order valence-electron chi connectivity index (χ0n) is 14.0. The van der Waals surface area contributed by atoms with Crippen LogP contribution in [0.2, 0.25) is 0 Å². The second-order valence-corrected chi connectivity index (χ2v) is 6.60. The van der Waals surface area contributed by atoms with E-state index in [-0.39, 0.29) is 11.7 Å². The third kappa shape index (κ3) is 3.36. The molecule has 1 N–H and O–H groups in total. The topological polar surface area (TPSA) is 86.1 Å². The van der Waals surface area contributed by atoms with Gasteiger partial charge in [-0.2, -0.15) is 0 Å². The average molecular weight is 368 g/mol. The minimum Gasteiger partial charge on any atom is -0.467 e. The minimum atomic E-state index is -0.0975. The number of carbonyl (C=O) groups is 1. The maximum absolute atomic E-state index is 12.0. The van der Waals surface area contributed by atoms with Crippen molar-refractivity contribution in [3.05, 3.63) is 54.5 Å². The Hall–Kier alpha value is -3.00. The molecule has 0 saturated heterocycles. The molecule has 0 spiro atoms. The van der Waals surface area contributed by atoms with Crippen LogP contribution in [0.15, 0.2) is 62.7 Å². The first kappa shape index (κ1) is 16.5. The Morgan fingerprint density at radius 1 is 1.23 bits per heavy atom. The number of rotatable bonds is 6. The van der Waals surface area contributed by atoms with Crippen molar-refractivity contribution in [2.24, 2.45) is 7.05 Å². The quantitative estimate of drug-likeness (QED) is 0.526. The first-order valence-corrected chi connectivity index (χ1v) is 8.99. The lowest BCUT2D eigenvalue weighted by atomic mass is 10.2. The van der Waals surface area contributed by atoms with E-state index < -0.39 is 0 Å². The van der Waals surface area contributed by atoms with Crippen molar-refractivity contribution in [1.82, 2.24) is 20.1 Å². The molecule has 0 unspecified atom stereocenters. The molecule has 0 aliphatic carbocycles. The fourth-order valence-corrected chi connectivity index (χ4v) is 3.27. The van der Waals surface area contributed by atoms with Crippen molar-refractivity contribution in [3.63, 3.8) is 0 Å². The number of nitrogens with zero attached hydrogens (tertiary/aromatic N) is 3. The number of fused-ring (bicyclic) bond motifs is 1. The number of hydrogen-bond acceptors (Lipinski definition) is 6. The van der Waals surface area contributed by atoms with E-state index in [2.05, 4.69) is 15.5 Å². The summed E-state index contributed by atoms with van der Waals surface area (Å²) in [7, 11) is 1.85. The van der Waals surface area contributed by atoms with Crippen LogP contribution in [0, 0.1) is 0 Å². The van der Waals surface area contributed by atoms with Crippen LogP contribution in [0.25, 0.3) is 22.6 Å². The number of furan rings is 2. The predicted octanol–water partition coefficient (Wildman–Crippen LogP) is 3.23. The van der Waals surface area contributed by atoms with E-state index in [9.17, 15) is 4.79 Å². The number of amides is 1. The Morgan fingerprint density at radius 2 is 2.12 bits per heavy atom. The van der Waals surface area contributed by atoms with Gasteiger partial charge in [-0.25, -0.2) is 0 Å². The average Bonchev–Trinajstić information content (AvgIpc) is 3.37. The molecule has 1 aromatic carbocycles. The summed E-state index contributed by atoms with van der Waals surface area (Å²) in [4.78, 5) is 12.0. The highest BCUT2D eigenvalue weighted by Gasteiger charge is 2.16. The lowest BCUT2D eigenvalue weighted by molar-refractivity contribution is -0.118. The van der Waals surface area contributed by atoms with Crippen LogP contribution in [0.1, 0.15) is 5.76 Å². The molecule has 8 heteroatoms. The second kappa shape index (κ2) is 7.09. The van der Waals surface area contributed by atoms with Crippen molar-refractivity contribution in [1.29, 1.82) is 0 Å². The maximum Gasteiger partial charge on any atom is 0.230 e. The molecular formula is C18H16N4O3S. The van der Waals surface area contributed by atoms with E-state index in [0.717, 1.165) is 11.0 Å². The summed E-state index contributed by atoms with van der Waals surface area (Å²) in [5.74, 6) is 2.14. The largest absolute Gasteiger partial charge is 0.467 e. The van der Waals surface area contributed by atoms with Crippen LogP contribution < -0.4 is 5.32 Å². The molecule has 3 heterocycles. The highest BCUT2D eigenvalue weighted by Crippen LogP contribution is 2.28. The van der Waals surface area contributed by atoms with E-state index in [1.807, 2.05) is 48.0 Å². The zero-order valence-corrected chi connectivity index (χ0v) is 14.8. The normalized spacial score (nSPS) is 11.1. The van der Waals surface area contributed by atoms with Gasteiger partial charge in [-0.3, -0.25) is 4.79 Å². The molecule has 1 amide bonds. The summed E-state index contributed by atoms with van der Waals surface area (Å²) >= 11 is 1.32. The molecule has 4 rings (SSSR count). The molecule has 132 valence electrons.